The van der Waals surface area contributed by atoms with Crippen LogP contribution in [-0.2, 0) is 26.2 Å². The maximum Gasteiger partial charge on any atom is 0 e. The first kappa shape index (κ1) is 36.5. The van der Waals surface area contributed by atoms with Gasteiger partial charge < -0.3 is 0 Å². The Morgan fingerprint density at radius 1 is 1.00 bits per heavy atom. The molecule has 4 heteroatoms. The van der Waals surface area contributed by atoms with Crippen LogP contribution in [0.3, 0.4) is 0 Å². The molecule has 0 bridgehead atoms. The molecule has 0 heterocycles. The normalized spacial score (nSPS) is 0. The molecule has 0 aliphatic heterocycles. The molecule has 1 unspecified atom stereocenters. The summed E-state index contributed by atoms with van der Waals surface area (Å²) in [5.41, 5.74) is 0. The fourth-order valence-electron chi connectivity index (χ4n) is 0. The third-order valence-corrected chi connectivity index (χ3v) is 0. The summed E-state index contributed by atoms with van der Waals surface area (Å²) in [6.07, 6.45) is 0. The quantitative estimate of drug-likeness (QED) is 0.341. The predicted octanol–water partition coefficient (Wildman–Crippen LogP) is -0.706. The van der Waals surface area contributed by atoms with E-state index < -0.39 is 0 Å². The van der Waals surface area contributed by atoms with Crippen LogP contribution >= 0.6 is 9.90 Å². The molecule has 19 valence electrons. The average Bonchev–Trinajstić information content (AvgIpc) is 0. The molecule has 0 aromatic heterocycles. The van der Waals surface area contributed by atoms with E-state index in [0.29, 0.717) is 0 Å². The summed E-state index contributed by atoms with van der Waals surface area (Å²) in [4.78, 5) is 0. The molecule has 0 saturated carbocycles. The Hall–Kier alpha value is 2.06. The topological polar surface area (TPSA) is 0 Å². The van der Waals surface area contributed by atoms with Crippen LogP contribution in [0.2, 0.25) is 0 Å². The van der Waals surface area contributed by atoms with E-state index in [0.717, 1.165) is 0 Å². The Morgan fingerprint density at radius 2 is 1.00 bits per heavy atom. The molecule has 0 saturated heterocycles. The molecule has 0 fully saturated rings. The van der Waals surface area contributed by atoms with E-state index in [2.05, 4.69) is 0 Å². The van der Waals surface area contributed by atoms with Gasteiger partial charge in [0.2, 0.25) is 0 Å². The summed E-state index contributed by atoms with van der Waals surface area (Å²) < 4.78 is 0. The Bertz CT molecular complexity index is 8.00. The monoisotopic (exact) mass is 179 g/mol. The largest absolute Gasteiger partial charge is 0.153 e. The van der Waals surface area contributed by atoms with Crippen molar-refractivity contribution in [3.63, 3.8) is 0 Å². The van der Waals surface area contributed by atoms with Crippen LogP contribution in [0.4, 0.5) is 0 Å². The fraction of sp³-hybridized carbons (Fsp3) is 0. The van der Waals surface area contributed by atoms with Crippen molar-refractivity contribution in [3.05, 3.63) is 0 Å². The van der Waals surface area contributed by atoms with E-state index in [9.17, 15) is 0 Å². The second kappa shape index (κ2) is 19.6. The third-order valence-electron chi connectivity index (χ3n) is 0. The molecule has 0 rings (SSSR count). The maximum atomic E-state index is 0. The Labute approximate surface area is 64.0 Å². The molecule has 0 aliphatic rings. The first-order valence-electron chi connectivity index (χ1n) is 0. The van der Waals surface area contributed by atoms with Gasteiger partial charge in [-0.15, -0.1) is 0 Å². The fourth-order valence-corrected chi connectivity index (χ4v) is 0. The van der Waals surface area contributed by atoms with E-state index in [1.165, 1.54) is 0 Å². The van der Waals surface area contributed by atoms with Crippen LogP contribution in [-0.4, -0.2) is 28.3 Å². The minimum Gasteiger partial charge on any atom is -0.153 e. The zero-order valence-corrected chi connectivity index (χ0v) is 8.31. The second-order valence-corrected chi connectivity index (χ2v) is 0. The summed E-state index contributed by atoms with van der Waals surface area (Å²) in [5.74, 6) is 0. The van der Waals surface area contributed by atoms with E-state index in [-0.39, 0.29) is 64.4 Å². The molecular formula is H3AlPSiZr. The molecule has 0 N–H and O–H groups in total. The maximum absolute atomic E-state index is 0. The summed E-state index contributed by atoms with van der Waals surface area (Å²) in [6, 6.07) is 0. The van der Waals surface area contributed by atoms with Gasteiger partial charge in [-0.2, -0.15) is 9.90 Å². The Kier molecular flexibility index (Phi) is 179. The summed E-state index contributed by atoms with van der Waals surface area (Å²) in [5, 5.41) is 0. The van der Waals surface area contributed by atoms with E-state index in [1.54, 1.807) is 0 Å². The molecule has 0 spiro atoms. The van der Waals surface area contributed by atoms with Crippen LogP contribution in [0.25, 0.3) is 0 Å². The Morgan fingerprint density at radius 3 is 1.00 bits per heavy atom. The van der Waals surface area contributed by atoms with Gasteiger partial charge in [0.05, 0.1) is 0 Å². The van der Waals surface area contributed by atoms with Crippen molar-refractivity contribution in [2.45, 2.75) is 0 Å². The van der Waals surface area contributed by atoms with Gasteiger partial charge in [0.15, 0.2) is 0 Å². The molecule has 7 radical (unpaired) electrons. The smallest absolute Gasteiger partial charge is 0 e. The first-order chi connectivity index (χ1) is 0. The zero-order chi connectivity index (χ0) is 0. The van der Waals surface area contributed by atoms with Crippen LogP contribution < -0.4 is 0 Å². The molecular weight excluding hydrogens is 177 g/mol. The van der Waals surface area contributed by atoms with Gasteiger partial charge in [0, 0.05) is 54.5 Å². The van der Waals surface area contributed by atoms with Crippen LogP contribution in [0.5, 0.6) is 0 Å². The van der Waals surface area contributed by atoms with E-state index in [4.69, 9.17) is 0 Å². The molecule has 0 aromatic rings. The van der Waals surface area contributed by atoms with E-state index in [1.807, 2.05) is 0 Å². The molecule has 4 heavy (non-hydrogen) atoms. The van der Waals surface area contributed by atoms with Crippen molar-refractivity contribution in [2.75, 3.05) is 0 Å². The van der Waals surface area contributed by atoms with Crippen molar-refractivity contribution in [2.24, 2.45) is 0 Å². The Balaban J connectivity index is 0. The minimum atomic E-state index is 0. The van der Waals surface area contributed by atoms with Crippen molar-refractivity contribution in [1.29, 1.82) is 0 Å². The zero-order valence-electron chi connectivity index (χ0n) is 2.28. The predicted molar refractivity (Wildman–Crippen MR) is 22.6 cm³/mol. The van der Waals surface area contributed by atoms with Gasteiger partial charge in [-0.3, -0.25) is 0 Å². The van der Waals surface area contributed by atoms with Crippen molar-refractivity contribution < 1.29 is 26.2 Å². The number of rotatable bonds is 0. The average molecular weight is 180 g/mol. The summed E-state index contributed by atoms with van der Waals surface area (Å²) in [7, 11) is 0. The molecule has 1 atom stereocenters. The van der Waals surface area contributed by atoms with Crippen molar-refractivity contribution in [3.8, 4) is 0 Å². The molecule has 0 amide bonds. The summed E-state index contributed by atoms with van der Waals surface area (Å²) in [6.45, 7) is 0. The molecule has 0 nitrogen and oxygen atoms in total. The van der Waals surface area contributed by atoms with Gasteiger partial charge >= 0.3 is 0 Å². The van der Waals surface area contributed by atoms with Gasteiger partial charge in [-0.1, -0.05) is 0 Å². The molecule has 0 aliphatic carbocycles. The third kappa shape index (κ3) is 8.96. The van der Waals surface area contributed by atoms with Crippen LogP contribution in [0.1, 0.15) is 0 Å². The van der Waals surface area contributed by atoms with Crippen molar-refractivity contribution in [1.82, 2.24) is 0 Å². The van der Waals surface area contributed by atoms with Gasteiger partial charge in [0.1, 0.15) is 0 Å². The van der Waals surface area contributed by atoms with Crippen molar-refractivity contribution >= 4 is 38.2 Å². The SMILES string of the molecule is P.[Al].[Si].[Zr]. The molecule has 0 aromatic carbocycles. The standard InChI is InChI=1S/Al.H3P.Si.Zr/h;1H3;;. The number of hydrogen-bond acceptors (Lipinski definition) is 0. The van der Waals surface area contributed by atoms with Crippen LogP contribution in [0, 0.1) is 0 Å². The minimum absolute atomic E-state index is 0. The van der Waals surface area contributed by atoms with Gasteiger partial charge in [-0.25, -0.2) is 0 Å². The number of hydrogen-bond donors (Lipinski definition) is 0. The summed E-state index contributed by atoms with van der Waals surface area (Å²) >= 11 is 0. The first-order valence-corrected chi connectivity index (χ1v) is 0. The van der Waals surface area contributed by atoms with E-state index >= 15 is 0 Å². The van der Waals surface area contributed by atoms with Gasteiger partial charge in [-0.05, 0) is 0 Å². The van der Waals surface area contributed by atoms with Crippen LogP contribution in [0.15, 0.2) is 0 Å². The second-order valence-electron chi connectivity index (χ2n) is 0. The van der Waals surface area contributed by atoms with Gasteiger partial charge in [0.25, 0.3) is 0 Å².